The summed E-state index contributed by atoms with van der Waals surface area (Å²) in [5.74, 6) is 0. The molecule has 0 fully saturated rings. The minimum Gasteiger partial charge on any atom is -0.304 e. The summed E-state index contributed by atoms with van der Waals surface area (Å²) in [4.78, 5) is 2.45. The van der Waals surface area contributed by atoms with Gasteiger partial charge in [0.05, 0.1) is 0 Å². The molecule has 16 heavy (non-hydrogen) atoms. The molecular weight excluding hydrogens is 194 g/mol. The van der Waals surface area contributed by atoms with Crippen molar-refractivity contribution in [3.63, 3.8) is 0 Å². The molecule has 1 unspecified atom stereocenters. The second kappa shape index (κ2) is 6.70. The molecule has 0 heterocycles. The fourth-order valence-electron chi connectivity index (χ4n) is 1.92. The van der Waals surface area contributed by atoms with Gasteiger partial charge in [0.25, 0.3) is 0 Å². The Morgan fingerprint density at radius 3 is 2.38 bits per heavy atom. The maximum Gasteiger partial charge on any atom is 0.00670 e. The van der Waals surface area contributed by atoms with E-state index in [1.807, 2.05) is 0 Å². The van der Waals surface area contributed by atoms with Gasteiger partial charge in [0, 0.05) is 6.04 Å². The fourth-order valence-corrected chi connectivity index (χ4v) is 1.92. The zero-order valence-corrected chi connectivity index (χ0v) is 11.2. The van der Waals surface area contributed by atoms with Gasteiger partial charge in [-0.05, 0) is 52.3 Å². The fraction of sp³-hybridized carbons (Fsp3) is 0.600. The van der Waals surface area contributed by atoms with Crippen LogP contribution in [0, 0.1) is 6.92 Å². The molecule has 0 spiro atoms. The SMILES string of the molecule is CCCN(C)C(C)CCc1ccc(C)cc1. The van der Waals surface area contributed by atoms with E-state index >= 15 is 0 Å². The lowest BCUT2D eigenvalue weighted by Gasteiger charge is -2.24. The van der Waals surface area contributed by atoms with Crippen molar-refractivity contribution < 1.29 is 0 Å². The summed E-state index contributed by atoms with van der Waals surface area (Å²) >= 11 is 0. The van der Waals surface area contributed by atoms with Crippen LogP contribution in [0.1, 0.15) is 37.8 Å². The van der Waals surface area contributed by atoms with Gasteiger partial charge in [-0.15, -0.1) is 0 Å². The Hall–Kier alpha value is -0.820. The minimum absolute atomic E-state index is 0.682. The Kier molecular flexibility index (Phi) is 5.54. The van der Waals surface area contributed by atoms with Crippen LogP contribution in [-0.2, 0) is 6.42 Å². The van der Waals surface area contributed by atoms with Gasteiger partial charge in [0.15, 0.2) is 0 Å². The van der Waals surface area contributed by atoms with Gasteiger partial charge in [0.2, 0.25) is 0 Å². The van der Waals surface area contributed by atoms with Crippen molar-refractivity contribution in [1.82, 2.24) is 4.90 Å². The lowest BCUT2D eigenvalue weighted by atomic mass is 10.0. The molecule has 0 radical (unpaired) electrons. The summed E-state index contributed by atoms with van der Waals surface area (Å²) in [7, 11) is 2.23. The van der Waals surface area contributed by atoms with Gasteiger partial charge in [0.1, 0.15) is 0 Å². The molecule has 0 aliphatic carbocycles. The molecule has 0 aromatic heterocycles. The van der Waals surface area contributed by atoms with Crippen molar-refractivity contribution in [3.05, 3.63) is 35.4 Å². The summed E-state index contributed by atoms with van der Waals surface area (Å²) in [5, 5.41) is 0. The number of rotatable bonds is 6. The lowest BCUT2D eigenvalue weighted by molar-refractivity contribution is 0.247. The van der Waals surface area contributed by atoms with E-state index in [0.717, 1.165) is 0 Å². The number of hydrogen-bond acceptors (Lipinski definition) is 1. The van der Waals surface area contributed by atoms with Gasteiger partial charge in [-0.25, -0.2) is 0 Å². The van der Waals surface area contributed by atoms with Crippen LogP contribution < -0.4 is 0 Å². The molecule has 0 N–H and O–H groups in total. The smallest absolute Gasteiger partial charge is 0.00670 e. The third kappa shape index (κ3) is 4.36. The predicted octanol–water partition coefficient (Wildman–Crippen LogP) is 3.66. The molecule has 1 rings (SSSR count). The molecule has 0 amide bonds. The van der Waals surface area contributed by atoms with E-state index in [4.69, 9.17) is 0 Å². The summed E-state index contributed by atoms with van der Waals surface area (Å²) in [6, 6.07) is 9.59. The monoisotopic (exact) mass is 219 g/mol. The Balaban J connectivity index is 2.36. The molecule has 0 saturated heterocycles. The average molecular weight is 219 g/mol. The molecule has 90 valence electrons. The molecular formula is C15H25N. The Bertz CT molecular complexity index is 289. The largest absolute Gasteiger partial charge is 0.304 e. The van der Waals surface area contributed by atoms with Crippen molar-refractivity contribution in [2.45, 2.75) is 46.1 Å². The molecule has 1 aromatic carbocycles. The molecule has 0 bridgehead atoms. The molecule has 1 heteroatoms. The number of nitrogens with zero attached hydrogens (tertiary/aromatic N) is 1. The molecule has 0 aliphatic heterocycles. The van der Waals surface area contributed by atoms with Gasteiger partial charge < -0.3 is 4.90 Å². The van der Waals surface area contributed by atoms with Gasteiger partial charge in [-0.3, -0.25) is 0 Å². The summed E-state index contributed by atoms with van der Waals surface area (Å²) in [6.07, 6.45) is 3.68. The van der Waals surface area contributed by atoms with Crippen LogP contribution in [0.5, 0.6) is 0 Å². The summed E-state index contributed by atoms with van der Waals surface area (Å²) < 4.78 is 0. The highest BCUT2D eigenvalue weighted by Gasteiger charge is 2.07. The van der Waals surface area contributed by atoms with E-state index in [1.165, 1.54) is 36.9 Å². The highest BCUT2D eigenvalue weighted by Crippen LogP contribution is 2.10. The van der Waals surface area contributed by atoms with E-state index in [9.17, 15) is 0 Å². The predicted molar refractivity (Wildman–Crippen MR) is 71.9 cm³/mol. The Morgan fingerprint density at radius 1 is 1.19 bits per heavy atom. The van der Waals surface area contributed by atoms with E-state index in [-0.39, 0.29) is 0 Å². The van der Waals surface area contributed by atoms with Crippen LogP contribution in [0.15, 0.2) is 24.3 Å². The van der Waals surface area contributed by atoms with Crippen molar-refractivity contribution in [2.24, 2.45) is 0 Å². The first kappa shape index (κ1) is 13.2. The van der Waals surface area contributed by atoms with E-state index in [2.05, 4.69) is 57.0 Å². The summed E-state index contributed by atoms with van der Waals surface area (Å²) in [6.45, 7) is 7.91. The molecule has 1 aromatic rings. The zero-order chi connectivity index (χ0) is 12.0. The molecule has 1 atom stereocenters. The minimum atomic E-state index is 0.682. The third-order valence-corrected chi connectivity index (χ3v) is 3.30. The summed E-state index contributed by atoms with van der Waals surface area (Å²) in [5.41, 5.74) is 2.81. The number of aryl methyl sites for hydroxylation is 2. The van der Waals surface area contributed by atoms with E-state index < -0.39 is 0 Å². The number of hydrogen-bond donors (Lipinski definition) is 0. The van der Waals surface area contributed by atoms with Crippen LogP contribution in [0.2, 0.25) is 0 Å². The number of benzene rings is 1. The Morgan fingerprint density at radius 2 is 1.81 bits per heavy atom. The molecule has 1 nitrogen and oxygen atoms in total. The second-order valence-corrected chi connectivity index (χ2v) is 4.85. The van der Waals surface area contributed by atoms with Crippen LogP contribution >= 0.6 is 0 Å². The Labute approximate surface area is 100 Å². The quantitative estimate of drug-likeness (QED) is 0.706. The maximum atomic E-state index is 2.45. The van der Waals surface area contributed by atoms with E-state index in [1.54, 1.807) is 0 Å². The van der Waals surface area contributed by atoms with Gasteiger partial charge in [-0.2, -0.15) is 0 Å². The highest BCUT2D eigenvalue weighted by molar-refractivity contribution is 5.21. The van der Waals surface area contributed by atoms with E-state index in [0.29, 0.717) is 6.04 Å². The third-order valence-electron chi connectivity index (χ3n) is 3.30. The van der Waals surface area contributed by atoms with Crippen LogP contribution in [0.4, 0.5) is 0 Å². The van der Waals surface area contributed by atoms with Crippen LogP contribution in [0.3, 0.4) is 0 Å². The van der Waals surface area contributed by atoms with Crippen molar-refractivity contribution in [2.75, 3.05) is 13.6 Å². The first-order valence-corrected chi connectivity index (χ1v) is 6.39. The maximum absolute atomic E-state index is 2.45. The normalized spacial score (nSPS) is 13.1. The van der Waals surface area contributed by atoms with Crippen LogP contribution in [0.25, 0.3) is 0 Å². The van der Waals surface area contributed by atoms with Crippen molar-refractivity contribution >= 4 is 0 Å². The molecule has 0 saturated carbocycles. The van der Waals surface area contributed by atoms with Gasteiger partial charge in [-0.1, -0.05) is 36.8 Å². The van der Waals surface area contributed by atoms with Gasteiger partial charge >= 0.3 is 0 Å². The van der Waals surface area contributed by atoms with Crippen molar-refractivity contribution in [3.8, 4) is 0 Å². The van der Waals surface area contributed by atoms with Crippen molar-refractivity contribution in [1.29, 1.82) is 0 Å². The zero-order valence-electron chi connectivity index (χ0n) is 11.2. The topological polar surface area (TPSA) is 3.24 Å². The second-order valence-electron chi connectivity index (χ2n) is 4.85. The molecule has 0 aliphatic rings. The lowest BCUT2D eigenvalue weighted by Crippen LogP contribution is -2.30. The van der Waals surface area contributed by atoms with Crippen LogP contribution in [-0.4, -0.2) is 24.5 Å². The average Bonchev–Trinajstić information content (AvgIpc) is 2.28. The first-order valence-electron chi connectivity index (χ1n) is 6.39. The first-order chi connectivity index (χ1) is 7.63. The standard InChI is InChI=1S/C15H25N/c1-5-12-16(4)14(3)8-11-15-9-6-13(2)7-10-15/h6-7,9-10,14H,5,8,11-12H2,1-4H3. The highest BCUT2D eigenvalue weighted by atomic mass is 15.1.